The van der Waals surface area contributed by atoms with Crippen LogP contribution in [0.1, 0.15) is 24.1 Å². The van der Waals surface area contributed by atoms with Crippen LogP contribution in [0.3, 0.4) is 0 Å². The van der Waals surface area contributed by atoms with Crippen molar-refractivity contribution in [2.75, 3.05) is 37.4 Å². The van der Waals surface area contributed by atoms with E-state index in [2.05, 4.69) is 64.3 Å². The number of nitrogens with two attached hydrogens (primary N) is 1. The van der Waals surface area contributed by atoms with Crippen molar-refractivity contribution in [1.29, 1.82) is 0 Å². The first-order chi connectivity index (χ1) is 14.2. The number of likely N-dealkylation sites (N-methyl/N-ethyl adjacent to an activating group) is 1. The molecule has 29 heavy (non-hydrogen) atoms. The van der Waals surface area contributed by atoms with Crippen molar-refractivity contribution in [2.45, 2.75) is 31.8 Å². The van der Waals surface area contributed by atoms with Crippen LogP contribution in [0.15, 0.2) is 42.5 Å². The van der Waals surface area contributed by atoms with Gasteiger partial charge in [0.15, 0.2) is 0 Å². The highest BCUT2D eigenvalue weighted by atomic mass is 16.5. The summed E-state index contributed by atoms with van der Waals surface area (Å²) in [6, 6.07) is 15.8. The van der Waals surface area contributed by atoms with E-state index in [-0.39, 0.29) is 0 Å². The fourth-order valence-electron chi connectivity index (χ4n) is 4.55. The molecule has 2 aromatic carbocycles. The summed E-state index contributed by atoms with van der Waals surface area (Å²) in [5.41, 5.74) is 9.54. The van der Waals surface area contributed by atoms with E-state index in [4.69, 9.17) is 15.5 Å². The van der Waals surface area contributed by atoms with E-state index < -0.39 is 0 Å². The van der Waals surface area contributed by atoms with Crippen LogP contribution in [0.25, 0.3) is 10.8 Å². The molecule has 3 aromatic rings. The fraction of sp³-hybridized carbons (Fsp3) is 0.391. The summed E-state index contributed by atoms with van der Waals surface area (Å²) >= 11 is 0. The third-order valence-corrected chi connectivity index (χ3v) is 6.26. The summed E-state index contributed by atoms with van der Waals surface area (Å²) in [7, 11) is 2.14. The van der Waals surface area contributed by atoms with Gasteiger partial charge in [0.05, 0.1) is 12.2 Å². The Bertz CT molecular complexity index is 1030. The van der Waals surface area contributed by atoms with E-state index >= 15 is 0 Å². The highest BCUT2D eigenvalue weighted by molar-refractivity contribution is 5.94. The molecule has 2 aliphatic heterocycles. The maximum Gasteiger partial charge on any atom is 0.318 e. The smallest absolute Gasteiger partial charge is 0.318 e. The van der Waals surface area contributed by atoms with Crippen LogP contribution in [-0.2, 0) is 13.0 Å². The second-order valence-electron chi connectivity index (χ2n) is 8.07. The van der Waals surface area contributed by atoms with E-state index in [1.54, 1.807) is 0 Å². The van der Waals surface area contributed by atoms with Crippen LogP contribution in [0.2, 0.25) is 0 Å². The molecule has 1 saturated heterocycles. The summed E-state index contributed by atoms with van der Waals surface area (Å²) in [5.74, 6) is 0.558. The lowest BCUT2D eigenvalue weighted by molar-refractivity contribution is 0.187. The third-order valence-electron chi connectivity index (χ3n) is 6.26. The zero-order chi connectivity index (χ0) is 19.8. The molecule has 0 bridgehead atoms. The molecule has 2 N–H and O–H groups in total. The van der Waals surface area contributed by atoms with Crippen molar-refractivity contribution in [2.24, 2.45) is 0 Å². The Morgan fingerprint density at radius 3 is 2.83 bits per heavy atom. The van der Waals surface area contributed by atoms with Gasteiger partial charge in [-0.3, -0.25) is 0 Å². The lowest BCUT2D eigenvalue weighted by atomic mass is 10.0. The monoisotopic (exact) mass is 389 g/mol. The molecule has 5 rings (SSSR count). The van der Waals surface area contributed by atoms with E-state index in [1.807, 2.05) is 0 Å². The Hall–Kier alpha value is -2.86. The Labute approximate surface area is 171 Å². The average Bonchev–Trinajstić information content (AvgIpc) is 3.16. The quantitative estimate of drug-likeness (QED) is 0.739. The molecule has 1 fully saturated rings. The number of nitrogens with zero attached hydrogens (tertiary/aromatic N) is 4. The molecule has 0 unspecified atom stereocenters. The van der Waals surface area contributed by atoms with Gasteiger partial charge in [-0.05, 0) is 44.3 Å². The number of anilines is 2. The molecule has 0 spiro atoms. The maximum atomic E-state index is 6.27. The van der Waals surface area contributed by atoms with Crippen molar-refractivity contribution < 1.29 is 4.74 Å². The van der Waals surface area contributed by atoms with E-state index in [0.29, 0.717) is 24.5 Å². The number of fused-ring (bicyclic) bond motifs is 2. The van der Waals surface area contributed by atoms with Crippen molar-refractivity contribution in [1.82, 2.24) is 14.9 Å². The summed E-state index contributed by atoms with van der Waals surface area (Å²) in [6.07, 6.45) is 3.22. The van der Waals surface area contributed by atoms with Crippen molar-refractivity contribution in [3.8, 4) is 6.01 Å². The Morgan fingerprint density at radius 2 is 1.97 bits per heavy atom. The SMILES string of the molecule is CN1CCC[C@H]1COc1nc(N)c2c(n1)CN(c1cccc3ccccc13)CC2. The van der Waals surface area contributed by atoms with Gasteiger partial charge in [0.1, 0.15) is 12.4 Å². The molecule has 2 aliphatic rings. The lowest BCUT2D eigenvalue weighted by Crippen LogP contribution is -2.33. The summed E-state index contributed by atoms with van der Waals surface area (Å²) in [4.78, 5) is 13.9. The molecule has 0 radical (unpaired) electrons. The number of benzene rings is 2. The standard InChI is InChI=1S/C23H27N5O/c1-27-12-5-8-17(27)15-29-23-25-20-14-28(13-11-19(20)22(24)26-23)21-10-4-7-16-6-2-3-9-18(16)21/h2-4,6-7,9-10,17H,5,8,11-15H2,1H3,(H2,24,25,26)/t17-/m0/s1. The van der Waals surface area contributed by atoms with Crippen LogP contribution in [0, 0.1) is 0 Å². The van der Waals surface area contributed by atoms with Gasteiger partial charge in [-0.1, -0.05) is 36.4 Å². The molecule has 1 aromatic heterocycles. The molecule has 0 saturated carbocycles. The molecule has 6 heteroatoms. The second-order valence-corrected chi connectivity index (χ2v) is 8.07. The Morgan fingerprint density at radius 1 is 1.10 bits per heavy atom. The number of rotatable bonds is 4. The lowest BCUT2D eigenvalue weighted by Gasteiger charge is -2.31. The second kappa shape index (κ2) is 7.52. The van der Waals surface area contributed by atoms with Gasteiger partial charge in [-0.2, -0.15) is 9.97 Å². The highest BCUT2D eigenvalue weighted by Crippen LogP contribution is 2.32. The molecular weight excluding hydrogens is 362 g/mol. The van der Waals surface area contributed by atoms with Gasteiger partial charge in [0.25, 0.3) is 0 Å². The number of hydrogen-bond donors (Lipinski definition) is 1. The number of likely N-dealkylation sites (tertiary alicyclic amines) is 1. The number of hydrogen-bond acceptors (Lipinski definition) is 6. The molecule has 0 amide bonds. The predicted molar refractivity (Wildman–Crippen MR) is 116 cm³/mol. The Balaban J connectivity index is 1.39. The molecule has 6 nitrogen and oxygen atoms in total. The molecule has 0 aliphatic carbocycles. The minimum atomic E-state index is 0.404. The number of ether oxygens (including phenoxy) is 1. The van der Waals surface area contributed by atoms with Gasteiger partial charge in [0.2, 0.25) is 0 Å². The fourth-order valence-corrected chi connectivity index (χ4v) is 4.55. The van der Waals surface area contributed by atoms with Crippen LogP contribution in [0.5, 0.6) is 6.01 Å². The van der Waals surface area contributed by atoms with Crippen molar-refractivity contribution >= 4 is 22.3 Å². The zero-order valence-electron chi connectivity index (χ0n) is 16.8. The van der Waals surface area contributed by atoms with E-state index in [1.165, 1.54) is 22.9 Å². The van der Waals surface area contributed by atoms with Gasteiger partial charge in [-0.15, -0.1) is 0 Å². The third kappa shape index (κ3) is 3.49. The zero-order valence-corrected chi connectivity index (χ0v) is 16.8. The van der Waals surface area contributed by atoms with Crippen LogP contribution >= 0.6 is 0 Å². The number of aromatic nitrogens is 2. The first kappa shape index (κ1) is 18.2. The van der Waals surface area contributed by atoms with Gasteiger partial charge >= 0.3 is 6.01 Å². The Kier molecular flexibility index (Phi) is 4.72. The van der Waals surface area contributed by atoms with E-state index in [9.17, 15) is 0 Å². The molecule has 150 valence electrons. The van der Waals surface area contributed by atoms with Gasteiger partial charge < -0.3 is 20.3 Å². The average molecular weight is 390 g/mol. The predicted octanol–water partition coefficient (Wildman–Crippen LogP) is 3.25. The highest BCUT2D eigenvalue weighted by Gasteiger charge is 2.25. The first-order valence-corrected chi connectivity index (χ1v) is 10.4. The summed E-state index contributed by atoms with van der Waals surface area (Å²) in [6.45, 7) is 3.36. The van der Waals surface area contributed by atoms with Gasteiger partial charge in [-0.25, -0.2) is 0 Å². The molecule has 1 atom stereocenters. The van der Waals surface area contributed by atoms with Gasteiger partial charge in [0, 0.05) is 29.2 Å². The summed E-state index contributed by atoms with van der Waals surface area (Å²) < 4.78 is 5.96. The molecular formula is C23H27N5O. The van der Waals surface area contributed by atoms with Crippen LogP contribution in [0.4, 0.5) is 11.5 Å². The minimum absolute atomic E-state index is 0.404. The first-order valence-electron chi connectivity index (χ1n) is 10.4. The summed E-state index contributed by atoms with van der Waals surface area (Å²) in [5, 5.41) is 2.52. The van der Waals surface area contributed by atoms with E-state index in [0.717, 1.165) is 43.7 Å². The maximum absolute atomic E-state index is 6.27. The number of nitrogen functional groups attached to an aromatic ring is 1. The normalized spacial score (nSPS) is 19.5. The molecule has 3 heterocycles. The largest absolute Gasteiger partial charge is 0.462 e. The minimum Gasteiger partial charge on any atom is -0.462 e. The van der Waals surface area contributed by atoms with Crippen LogP contribution < -0.4 is 15.4 Å². The van der Waals surface area contributed by atoms with Crippen LogP contribution in [-0.4, -0.2) is 47.7 Å². The van der Waals surface area contributed by atoms with Crippen molar-refractivity contribution in [3.63, 3.8) is 0 Å². The topological polar surface area (TPSA) is 67.5 Å². The van der Waals surface area contributed by atoms with Crippen molar-refractivity contribution in [3.05, 3.63) is 53.7 Å².